The Bertz CT molecular complexity index is 719. The molecule has 1 aromatic rings. The van der Waals surface area contributed by atoms with Crippen LogP contribution in [0.1, 0.15) is 42.3 Å². The fourth-order valence-electron chi connectivity index (χ4n) is 3.32. The summed E-state index contributed by atoms with van der Waals surface area (Å²) < 4.78 is 21.9. The number of esters is 1. The number of hydrogen-bond acceptors (Lipinski definition) is 9. The van der Waals surface area contributed by atoms with E-state index in [4.69, 9.17) is 18.9 Å². The monoisotopic (exact) mass is 384 g/mol. The van der Waals surface area contributed by atoms with E-state index in [-0.39, 0.29) is 34.5 Å². The molecule has 0 aliphatic carbocycles. The van der Waals surface area contributed by atoms with Crippen LogP contribution in [0.25, 0.3) is 0 Å². The lowest BCUT2D eigenvalue weighted by Crippen LogP contribution is -2.58. The molecule has 0 aromatic heterocycles. The van der Waals surface area contributed by atoms with Crippen molar-refractivity contribution in [2.75, 3.05) is 13.7 Å². The van der Waals surface area contributed by atoms with Crippen LogP contribution in [0.4, 0.5) is 0 Å². The van der Waals surface area contributed by atoms with E-state index in [9.17, 15) is 25.2 Å². The maximum atomic E-state index is 12.5. The number of hydrogen-bond donors (Lipinski definition) is 4. The van der Waals surface area contributed by atoms with Crippen LogP contribution in [0.3, 0.4) is 0 Å². The van der Waals surface area contributed by atoms with Crippen molar-refractivity contribution < 1.29 is 44.2 Å². The number of phenolic OH excluding ortho intramolecular Hbond substituents is 1. The molecule has 0 radical (unpaired) electrons. The van der Waals surface area contributed by atoms with E-state index < -0.39 is 43.1 Å². The third-order valence-corrected chi connectivity index (χ3v) is 4.98. The fraction of sp³-hybridized carbons (Fsp3) is 0.611. The summed E-state index contributed by atoms with van der Waals surface area (Å²) in [6, 6.07) is 1.40. The number of rotatable bonds is 5. The summed E-state index contributed by atoms with van der Waals surface area (Å²) in [6.45, 7) is 3.20. The lowest BCUT2D eigenvalue weighted by Gasteiger charge is -2.44. The zero-order valence-corrected chi connectivity index (χ0v) is 15.3. The molecule has 9 nitrogen and oxygen atoms in total. The number of phenols is 1. The van der Waals surface area contributed by atoms with E-state index in [0.717, 1.165) is 0 Å². The molecule has 1 aromatic carbocycles. The highest BCUT2D eigenvalue weighted by Gasteiger charge is 2.52. The second-order valence-corrected chi connectivity index (χ2v) is 6.68. The van der Waals surface area contributed by atoms with Crippen LogP contribution in [0.15, 0.2) is 6.07 Å². The van der Waals surface area contributed by atoms with E-state index in [1.165, 1.54) is 13.2 Å². The Labute approximate surface area is 156 Å². The quantitative estimate of drug-likeness (QED) is 0.528. The molecule has 3 rings (SSSR count). The van der Waals surface area contributed by atoms with Crippen molar-refractivity contribution in [3.8, 4) is 17.2 Å². The Morgan fingerprint density at radius 3 is 2.59 bits per heavy atom. The van der Waals surface area contributed by atoms with Gasteiger partial charge in [-0.15, -0.1) is 0 Å². The number of aliphatic hydroxyl groups is 3. The zero-order chi connectivity index (χ0) is 19.9. The molecule has 0 bridgehead atoms. The van der Waals surface area contributed by atoms with Crippen LogP contribution >= 0.6 is 0 Å². The Hall–Kier alpha value is -2.07. The van der Waals surface area contributed by atoms with Crippen molar-refractivity contribution in [1.82, 2.24) is 0 Å². The van der Waals surface area contributed by atoms with Crippen LogP contribution in [0, 0.1) is 0 Å². The summed E-state index contributed by atoms with van der Waals surface area (Å²) in [4.78, 5) is 12.5. The summed E-state index contributed by atoms with van der Waals surface area (Å²) >= 11 is 0. The van der Waals surface area contributed by atoms with E-state index in [2.05, 4.69) is 0 Å². The summed E-state index contributed by atoms with van der Waals surface area (Å²) in [5.41, 5.74) is 0.0714. The third-order valence-electron chi connectivity index (χ3n) is 4.98. The van der Waals surface area contributed by atoms with Crippen molar-refractivity contribution in [2.24, 2.45) is 0 Å². The molecule has 1 saturated heterocycles. The fourth-order valence-corrected chi connectivity index (χ4v) is 3.32. The Morgan fingerprint density at radius 1 is 1.30 bits per heavy atom. The maximum absolute atomic E-state index is 12.5. The molecule has 0 amide bonds. The van der Waals surface area contributed by atoms with Crippen LogP contribution in [0.2, 0.25) is 0 Å². The lowest BCUT2D eigenvalue weighted by atomic mass is 9.86. The van der Waals surface area contributed by atoms with E-state index in [1.807, 2.05) is 13.8 Å². The Balaban J connectivity index is 2.11. The first-order chi connectivity index (χ1) is 12.8. The first kappa shape index (κ1) is 19.7. The van der Waals surface area contributed by atoms with Gasteiger partial charge in [-0.25, -0.2) is 4.79 Å². The number of benzene rings is 1. The normalized spacial score (nSPS) is 30.7. The summed E-state index contributed by atoms with van der Waals surface area (Å²) in [5, 5.41) is 40.5. The molecule has 6 atom stereocenters. The smallest absolute Gasteiger partial charge is 0.339 e. The largest absolute Gasteiger partial charge is 0.504 e. The highest BCUT2D eigenvalue weighted by atomic mass is 16.6. The van der Waals surface area contributed by atoms with Gasteiger partial charge in [0.25, 0.3) is 0 Å². The molecule has 1 fully saturated rings. The molecular weight excluding hydrogens is 360 g/mol. The molecule has 150 valence electrons. The average molecular weight is 384 g/mol. The van der Waals surface area contributed by atoms with Gasteiger partial charge in [-0.1, -0.05) is 6.92 Å². The number of ether oxygens (including phenoxy) is 4. The molecule has 4 N–H and O–H groups in total. The molecule has 9 heteroatoms. The highest BCUT2D eigenvalue weighted by Crippen LogP contribution is 2.50. The molecule has 0 spiro atoms. The highest BCUT2D eigenvalue weighted by molar-refractivity contribution is 5.95. The number of fused-ring (bicyclic) bond motifs is 3. The van der Waals surface area contributed by atoms with E-state index in [1.54, 1.807) is 0 Å². The topological polar surface area (TPSA) is 135 Å². The molecule has 2 heterocycles. The van der Waals surface area contributed by atoms with Gasteiger partial charge in [-0.05, 0) is 19.4 Å². The summed E-state index contributed by atoms with van der Waals surface area (Å²) in [6.07, 6.45) is -5.85. The van der Waals surface area contributed by atoms with Gasteiger partial charge in [-0.2, -0.15) is 0 Å². The number of aliphatic hydroxyl groups excluding tert-OH is 3. The van der Waals surface area contributed by atoms with Crippen molar-refractivity contribution in [2.45, 2.75) is 56.9 Å². The minimum absolute atomic E-state index is 0.00753. The molecule has 0 saturated carbocycles. The van der Waals surface area contributed by atoms with Gasteiger partial charge >= 0.3 is 5.97 Å². The van der Waals surface area contributed by atoms with Gasteiger partial charge in [0.1, 0.15) is 24.4 Å². The predicted molar refractivity (Wildman–Crippen MR) is 91.0 cm³/mol. The predicted octanol–water partition coefficient (Wildman–Crippen LogP) is 0.271. The van der Waals surface area contributed by atoms with Gasteiger partial charge in [0, 0.05) is 5.56 Å². The third kappa shape index (κ3) is 3.20. The second kappa shape index (κ2) is 7.51. The summed E-state index contributed by atoms with van der Waals surface area (Å²) in [7, 11) is 1.35. The van der Waals surface area contributed by atoms with Gasteiger partial charge < -0.3 is 39.4 Å². The van der Waals surface area contributed by atoms with Crippen molar-refractivity contribution in [3.63, 3.8) is 0 Å². The van der Waals surface area contributed by atoms with Gasteiger partial charge in [0.15, 0.2) is 17.6 Å². The minimum atomic E-state index is -1.49. The molecule has 1 unspecified atom stereocenters. The van der Waals surface area contributed by atoms with Crippen LogP contribution in [-0.4, -0.2) is 70.6 Å². The zero-order valence-electron chi connectivity index (χ0n) is 15.3. The second-order valence-electron chi connectivity index (χ2n) is 6.68. The number of carbonyl (C=O) groups excluding carboxylic acids is 1. The standard InChI is InChI=1S/C18H24O9/c1-4-7(2)25-9-5-8-11(13(21)15(9)24-3)16-17(27-18(8)23)14(22)12(20)10(6-19)26-16/h5,7,10,12,14,16-17,19-22H,4,6H2,1-3H3/t7?,10-,12-,14+,16+,17-/m1/s1. The molecule has 2 aliphatic heterocycles. The van der Waals surface area contributed by atoms with Gasteiger partial charge in [0.05, 0.1) is 25.4 Å². The summed E-state index contributed by atoms with van der Waals surface area (Å²) in [5.74, 6) is -0.975. The average Bonchev–Trinajstić information content (AvgIpc) is 2.65. The van der Waals surface area contributed by atoms with Crippen molar-refractivity contribution in [3.05, 3.63) is 17.2 Å². The molecule has 2 aliphatic rings. The number of aromatic hydroxyl groups is 1. The van der Waals surface area contributed by atoms with Gasteiger partial charge in [0.2, 0.25) is 5.75 Å². The van der Waals surface area contributed by atoms with E-state index in [0.29, 0.717) is 6.42 Å². The lowest BCUT2D eigenvalue weighted by molar-refractivity contribution is -0.235. The van der Waals surface area contributed by atoms with Gasteiger partial charge in [-0.3, -0.25) is 0 Å². The minimum Gasteiger partial charge on any atom is -0.504 e. The number of methoxy groups -OCH3 is 1. The Morgan fingerprint density at radius 2 is 2.00 bits per heavy atom. The maximum Gasteiger partial charge on any atom is 0.339 e. The SMILES string of the molecule is CCC(C)Oc1cc2c(c(O)c1OC)[C@@H]1O[C@H](CO)[C@@H](O)[C@H](O)[C@H]1OC2=O. The molecule has 27 heavy (non-hydrogen) atoms. The van der Waals surface area contributed by atoms with Crippen LogP contribution < -0.4 is 9.47 Å². The first-order valence-corrected chi connectivity index (χ1v) is 8.77. The van der Waals surface area contributed by atoms with Crippen molar-refractivity contribution >= 4 is 5.97 Å². The molecular formula is C18H24O9. The number of carbonyl (C=O) groups is 1. The Kier molecular flexibility index (Phi) is 5.48. The van der Waals surface area contributed by atoms with Crippen LogP contribution in [0.5, 0.6) is 17.2 Å². The van der Waals surface area contributed by atoms with E-state index >= 15 is 0 Å². The first-order valence-electron chi connectivity index (χ1n) is 8.77. The van der Waals surface area contributed by atoms with Crippen molar-refractivity contribution in [1.29, 1.82) is 0 Å². The van der Waals surface area contributed by atoms with Crippen LogP contribution in [-0.2, 0) is 9.47 Å².